The lowest BCUT2D eigenvalue weighted by Gasteiger charge is -2.21. The molecular formula is C16H23Cl2NO2. The first-order valence-corrected chi connectivity index (χ1v) is 8.31. The Morgan fingerprint density at radius 1 is 1.38 bits per heavy atom. The molecule has 0 spiro atoms. The highest BCUT2D eigenvalue weighted by Gasteiger charge is 2.20. The Balaban J connectivity index is 2.07. The van der Waals surface area contributed by atoms with Gasteiger partial charge in [0.2, 0.25) is 0 Å². The molecule has 3 nitrogen and oxygen atoms in total. The van der Waals surface area contributed by atoms with Gasteiger partial charge in [-0.15, -0.1) is 0 Å². The molecule has 2 atom stereocenters. The van der Waals surface area contributed by atoms with E-state index in [4.69, 9.17) is 32.7 Å². The zero-order chi connectivity index (χ0) is 15.2. The first kappa shape index (κ1) is 16.9. The molecule has 1 saturated heterocycles. The lowest BCUT2D eigenvalue weighted by molar-refractivity contribution is 0.0998. The summed E-state index contributed by atoms with van der Waals surface area (Å²) >= 11 is 12.7. The van der Waals surface area contributed by atoms with Gasteiger partial charge in [0.25, 0.3) is 0 Å². The van der Waals surface area contributed by atoms with Crippen LogP contribution in [0.2, 0.25) is 10.0 Å². The summed E-state index contributed by atoms with van der Waals surface area (Å²) in [6.45, 7) is 3.39. The maximum Gasteiger partial charge on any atom is 0.139 e. The van der Waals surface area contributed by atoms with Gasteiger partial charge < -0.3 is 14.8 Å². The second-order valence-corrected chi connectivity index (χ2v) is 6.11. The van der Waals surface area contributed by atoms with Gasteiger partial charge in [0.05, 0.1) is 17.7 Å². The fourth-order valence-electron chi connectivity index (χ4n) is 2.76. The van der Waals surface area contributed by atoms with Crippen LogP contribution in [-0.2, 0) is 4.74 Å². The van der Waals surface area contributed by atoms with Gasteiger partial charge in [0.1, 0.15) is 5.75 Å². The molecule has 1 heterocycles. The van der Waals surface area contributed by atoms with Gasteiger partial charge in [-0.25, -0.2) is 0 Å². The molecule has 1 N–H and O–H groups in total. The van der Waals surface area contributed by atoms with Gasteiger partial charge in [-0.1, -0.05) is 23.2 Å². The quantitative estimate of drug-likeness (QED) is 0.791. The molecule has 0 radical (unpaired) electrons. The normalized spacial score (nSPS) is 19.7. The number of nitrogens with one attached hydrogen (secondary N) is 1. The molecule has 5 heteroatoms. The Morgan fingerprint density at radius 2 is 2.19 bits per heavy atom. The van der Waals surface area contributed by atoms with Crippen LogP contribution in [-0.4, -0.2) is 26.4 Å². The van der Waals surface area contributed by atoms with E-state index < -0.39 is 0 Å². The van der Waals surface area contributed by atoms with Crippen LogP contribution in [0.15, 0.2) is 12.1 Å². The van der Waals surface area contributed by atoms with Crippen molar-refractivity contribution in [1.82, 2.24) is 5.32 Å². The van der Waals surface area contributed by atoms with Gasteiger partial charge in [-0.2, -0.15) is 0 Å². The highest BCUT2D eigenvalue weighted by molar-refractivity contribution is 6.34. The van der Waals surface area contributed by atoms with E-state index in [2.05, 4.69) is 5.32 Å². The summed E-state index contributed by atoms with van der Waals surface area (Å²) in [7, 11) is 1.95. The maximum absolute atomic E-state index is 6.40. The molecule has 0 saturated carbocycles. The van der Waals surface area contributed by atoms with E-state index in [1.54, 1.807) is 6.07 Å². The van der Waals surface area contributed by atoms with Gasteiger partial charge >= 0.3 is 0 Å². The fourth-order valence-corrected chi connectivity index (χ4v) is 3.27. The third kappa shape index (κ3) is 4.49. The number of rotatable bonds is 7. The molecule has 0 aromatic heterocycles. The molecule has 0 aliphatic carbocycles. The van der Waals surface area contributed by atoms with Gasteiger partial charge in [0.15, 0.2) is 0 Å². The largest absolute Gasteiger partial charge is 0.492 e. The molecule has 1 aromatic rings. The molecular weight excluding hydrogens is 309 g/mol. The summed E-state index contributed by atoms with van der Waals surface area (Å²) < 4.78 is 11.2. The molecule has 118 valence electrons. The number of ether oxygens (including phenoxy) is 2. The molecule has 2 rings (SSSR count). The number of halogens is 2. The number of benzene rings is 1. The Hall–Kier alpha value is -0.480. The van der Waals surface area contributed by atoms with E-state index in [0.717, 1.165) is 31.4 Å². The third-order valence-corrected chi connectivity index (χ3v) is 4.50. The lowest BCUT2D eigenvalue weighted by atomic mass is 9.99. The average Bonchev–Trinajstić information content (AvgIpc) is 2.98. The zero-order valence-electron chi connectivity index (χ0n) is 12.6. The fraction of sp³-hybridized carbons (Fsp3) is 0.625. The van der Waals surface area contributed by atoms with Crippen molar-refractivity contribution >= 4 is 23.2 Å². The van der Waals surface area contributed by atoms with E-state index in [1.165, 1.54) is 6.42 Å². The smallest absolute Gasteiger partial charge is 0.139 e. The highest BCUT2D eigenvalue weighted by atomic mass is 35.5. The number of hydrogen-bond donors (Lipinski definition) is 1. The van der Waals surface area contributed by atoms with Crippen LogP contribution in [0.25, 0.3) is 0 Å². The van der Waals surface area contributed by atoms with Crippen molar-refractivity contribution < 1.29 is 9.47 Å². The minimum absolute atomic E-state index is 0.176. The molecule has 1 aromatic carbocycles. The van der Waals surface area contributed by atoms with E-state index in [-0.39, 0.29) is 6.04 Å². The van der Waals surface area contributed by atoms with Crippen LogP contribution in [0.4, 0.5) is 0 Å². The maximum atomic E-state index is 6.40. The summed E-state index contributed by atoms with van der Waals surface area (Å²) in [5.41, 5.74) is 1.02. The molecule has 0 bridgehead atoms. The minimum Gasteiger partial charge on any atom is -0.492 e. The predicted molar refractivity (Wildman–Crippen MR) is 87.6 cm³/mol. The number of hydrogen-bond acceptors (Lipinski definition) is 3. The molecule has 1 aliphatic rings. The Labute approximate surface area is 136 Å². The summed E-state index contributed by atoms with van der Waals surface area (Å²) in [5, 5.41) is 4.62. The van der Waals surface area contributed by atoms with Crippen LogP contribution >= 0.6 is 23.2 Å². The first-order chi connectivity index (χ1) is 10.2. The summed E-state index contributed by atoms with van der Waals surface area (Å²) in [5.74, 6) is 0.641. The average molecular weight is 332 g/mol. The topological polar surface area (TPSA) is 30.5 Å². The third-order valence-electron chi connectivity index (χ3n) is 3.88. The second-order valence-electron chi connectivity index (χ2n) is 5.29. The van der Waals surface area contributed by atoms with Crippen LogP contribution < -0.4 is 10.1 Å². The first-order valence-electron chi connectivity index (χ1n) is 7.56. The van der Waals surface area contributed by atoms with Crippen LogP contribution in [0.5, 0.6) is 5.75 Å². The lowest BCUT2D eigenvalue weighted by Crippen LogP contribution is -2.19. The molecule has 1 aliphatic heterocycles. The van der Waals surface area contributed by atoms with Gasteiger partial charge in [0, 0.05) is 23.7 Å². The highest BCUT2D eigenvalue weighted by Crippen LogP contribution is 2.36. The van der Waals surface area contributed by atoms with E-state index in [1.807, 2.05) is 20.0 Å². The Bertz CT molecular complexity index is 462. The Morgan fingerprint density at radius 3 is 2.81 bits per heavy atom. The predicted octanol–water partition coefficient (Wildman–Crippen LogP) is 4.61. The molecule has 1 fully saturated rings. The van der Waals surface area contributed by atoms with Crippen molar-refractivity contribution in [2.75, 3.05) is 20.3 Å². The van der Waals surface area contributed by atoms with Crippen molar-refractivity contribution in [2.45, 2.75) is 44.8 Å². The molecule has 0 amide bonds. The second kappa shape index (κ2) is 8.23. The standard InChI is InChI=1S/C16H23Cl2NO2/c1-3-20-16-10-13(17)12(9-14(16)18)15(19-2)7-6-11-5-4-8-21-11/h9-11,15,19H,3-8H2,1-2H3. The van der Waals surface area contributed by atoms with Crippen molar-refractivity contribution in [3.05, 3.63) is 27.7 Å². The van der Waals surface area contributed by atoms with Crippen LogP contribution in [0.1, 0.15) is 44.2 Å². The summed E-state index contributed by atoms with van der Waals surface area (Å²) in [6, 6.07) is 3.89. The minimum atomic E-state index is 0.176. The van der Waals surface area contributed by atoms with Gasteiger partial charge in [-0.05, 0) is 51.3 Å². The van der Waals surface area contributed by atoms with Crippen LogP contribution in [0, 0.1) is 0 Å². The van der Waals surface area contributed by atoms with Gasteiger partial charge in [-0.3, -0.25) is 0 Å². The van der Waals surface area contributed by atoms with Crippen molar-refractivity contribution in [3.8, 4) is 5.75 Å². The zero-order valence-corrected chi connectivity index (χ0v) is 14.1. The van der Waals surface area contributed by atoms with E-state index in [0.29, 0.717) is 28.5 Å². The van der Waals surface area contributed by atoms with Crippen LogP contribution in [0.3, 0.4) is 0 Å². The van der Waals surface area contributed by atoms with Crippen molar-refractivity contribution in [1.29, 1.82) is 0 Å². The SMILES string of the molecule is CCOc1cc(Cl)c(C(CCC2CCCO2)NC)cc1Cl. The van der Waals surface area contributed by atoms with Crippen molar-refractivity contribution in [3.63, 3.8) is 0 Å². The summed E-state index contributed by atoms with van der Waals surface area (Å²) in [4.78, 5) is 0. The van der Waals surface area contributed by atoms with Crippen molar-refractivity contribution in [2.24, 2.45) is 0 Å². The van der Waals surface area contributed by atoms with E-state index in [9.17, 15) is 0 Å². The monoisotopic (exact) mass is 331 g/mol. The molecule has 2 unspecified atom stereocenters. The summed E-state index contributed by atoms with van der Waals surface area (Å²) in [6.07, 6.45) is 4.73. The van der Waals surface area contributed by atoms with E-state index >= 15 is 0 Å². The Kier molecular flexibility index (Phi) is 6.62. The molecule has 21 heavy (non-hydrogen) atoms.